The molecule has 5 nitrogen and oxygen atoms in total. The number of aromatic nitrogens is 2. The Morgan fingerprint density at radius 2 is 1.86 bits per heavy atom. The van der Waals surface area contributed by atoms with Gasteiger partial charge in [0.1, 0.15) is 5.82 Å². The molecule has 1 atom stereocenters. The number of H-pyrrole nitrogens is 1. The van der Waals surface area contributed by atoms with Crippen LogP contribution in [0.2, 0.25) is 0 Å². The molecule has 3 aromatic rings. The van der Waals surface area contributed by atoms with Gasteiger partial charge < -0.3 is 10.3 Å². The molecule has 28 heavy (non-hydrogen) atoms. The zero-order valence-electron chi connectivity index (χ0n) is 16.2. The van der Waals surface area contributed by atoms with Crippen LogP contribution in [0.3, 0.4) is 0 Å². The van der Waals surface area contributed by atoms with Crippen LogP contribution < -0.4 is 5.32 Å². The molecule has 2 aromatic carbocycles. The second-order valence-corrected chi connectivity index (χ2v) is 7.35. The second kappa shape index (κ2) is 8.40. The van der Waals surface area contributed by atoms with E-state index in [4.69, 9.17) is 4.98 Å². The van der Waals surface area contributed by atoms with E-state index in [1.54, 1.807) is 0 Å². The first-order valence-electron chi connectivity index (χ1n) is 9.89. The number of hydrogen-bond acceptors (Lipinski definition) is 3. The third-order valence-corrected chi connectivity index (χ3v) is 5.29. The van der Waals surface area contributed by atoms with Crippen LogP contribution in [-0.2, 0) is 17.8 Å². The highest BCUT2D eigenvalue weighted by atomic mass is 16.1. The lowest BCUT2D eigenvalue weighted by Gasteiger charge is -2.26. The average Bonchev–Trinajstić information content (AvgIpc) is 3.17. The fraction of sp³-hybridized carbons (Fsp3) is 0.304. The summed E-state index contributed by atoms with van der Waals surface area (Å²) in [6, 6.07) is 20.3. The van der Waals surface area contributed by atoms with E-state index in [9.17, 15) is 4.79 Å². The number of hydrogen-bond donors (Lipinski definition) is 2. The Kier molecular flexibility index (Phi) is 5.53. The molecule has 0 spiro atoms. The van der Waals surface area contributed by atoms with Crippen molar-refractivity contribution in [3.8, 4) is 11.4 Å². The Labute approximate surface area is 165 Å². The van der Waals surface area contributed by atoms with Crippen molar-refractivity contribution in [1.29, 1.82) is 0 Å². The molecule has 4 rings (SSSR count). The minimum atomic E-state index is 0.0303. The molecule has 2 heterocycles. The SMILES string of the molecule is CC(NC(=O)CCN1CCc2nc(-c3ccccc3)[nH]c2C1)c1ccccc1. The molecule has 1 unspecified atom stereocenters. The number of nitrogens with zero attached hydrogens (tertiary/aromatic N) is 2. The number of benzene rings is 2. The molecular formula is C23H26N4O. The molecule has 0 saturated carbocycles. The van der Waals surface area contributed by atoms with Gasteiger partial charge in [-0.3, -0.25) is 9.69 Å². The average molecular weight is 374 g/mol. The Morgan fingerprint density at radius 1 is 1.14 bits per heavy atom. The van der Waals surface area contributed by atoms with Crippen molar-refractivity contribution in [2.24, 2.45) is 0 Å². The number of amides is 1. The van der Waals surface area contributed by atoms with Crippen LogP contribution in [0.15, 0.2) is 60.7 Å². The summed E-state index contributed by atoms with van der Waals surface area (Å²) < 4.78 is 0. The summed E-state index contributed by atoms with van der Waals surface area (Å²) in [7, 11) is 0. The topological polar surface area (TPSA) is 61.0 Å². The standard InChI is InChI=1S/C23H26N4O/c1-17(18-8-4-2-5-9-18)24-22(28)13-15-27-14-12-20-21(16-27)26-23(25-20)19-10-6-3-7-11-19/h2-11,17H,12-16H2,1H3,(H,24,28)(H,25,26). The van der Waals surface area contributed by atoms with Crippen LogP contribution in [-0.4, -0.2) is 33.9 Å². The Morgan fingerprint density at radius 3 is 2.61 bits per heavy atom. The lowest BCUT2D eigenvalue weighted by Crippen LogP contribution is -2.35. The van der Waals surface area contributed by atoms with Gasteiger partial charge >= 0.3 is 0 Å². The number of rotatable bonds is 6. The highest BCUT2D eigenvalue weighted by Gasteiger charge is 2.21. The maximum Gasteiger partial charge on any atom is 0.221 e. The largest absolute Gasteiger partial charge is 0.350 e. The van der Waals surface area contributed by atoms with Gasteiger partial charge in [0.05, 0.1) is 17.4 Å². The lowest BCUT2D eigenvalue weighted by molar-refractivity contribution is -0.122. The van der Waals surface area contributed by atoms with Crippen LogP contribution in [0.4, 0.5) is 0 Å². The molecule has 1 aromatic heterocycles. The van der Waals surface area contributed by atoms with Gasteiger partial charge in [-0.25, -0.2) is 4.98 Å². The monoisotopic (exact) mass is 374 g/mol. The zero-order valence-corrected chi connectivity index (χ0v) is 16.2. The number of carbonyl (C=O) groups excluding carboxylic acids is 1. The van der Waals surface area contributed by atoms with Crippen LogP contribution in [0.1, 0.15) is 36.3 Å². The highest BCUT2D eigenvalue weighted by molar-refractivity contribution is 5.76. The highest BCUT2D eigenvalue weighted by Crippen LogP contribution is 2.22. The van der Waals surface area contributed by atoms with Crippen molar-refractivity contribution >= 4 is 5.91 Å². The van der Waals surface area contributed by atoms with Crippen molar-refractivity contribution in [3.05, 3.63) is 77.6 Å². The smallest absolute Gasteiger partial charge is 0.221 e. The van der Waals surface area contributed by atoms with Crippen molar-refractivity contribution in [2.75, 3.05) is 13.1 Å². The molecule has 0 bridgehead atoms. The molecule has 0 radical (unpaired) electrons. The van der Waals surface area contributed by atoms with Gasteiger partial charge in [0, 0.05) is 38.0 Å². The summed E-state index contributed by atoms with van der Waals surface area (Å²) in [6.07, 6.45) is 1.42. The predicted octanol–water partition coefficient (Wildman–Crippen LogP) is 3.70. The number of nitrogens with one attached hydrogen (secondary N) is 2. The van der Waals surface area contributed by atoms with Crippen LogP contribution in [0.25, 0.3) is 11.4 Å². The summed E-state index contributed by atoms with van der Waals surface area (Å²) >= 11 is 0. The molecule has 0 fully saturated rings. The zero-order chi connectivity index (χ0) is 19.3. The number of carbonyl (C=O) groups is 1. The fourth-order valence-corrected chi connectivity index (χ4v) is 3.67. The molecule has 0 aliphatic carbocycles. The van der Waals surface area contributed by atoms with Gasteiger partial charge in [-0.05, 0) is 12.5 Å². The number of imidazole rings is 1. The van der Waals surface area contributed by atoms with E-state index in [1.165, 1.54) is 5.69 Å². The van der Waals surface area contributed by atoms with E-state index in [0.717, 1.165) is 48.7 Å². The van der Waals surface area contributed by atoms with Gasteiger partial charge in [-0.15, -0.1) is 0 Å². The molecular weight excluding hydrogens is 348 g/mol. The maximum atomic E-state index is 12.3. The van der Waals surface area contributed by atoms with Crippen molar-refractivity contribution < 1.29 is 4.79 Å². The van der Waals surface area contributed by atoms with Gasteiger partial charge in [-0.2, -0.15) is 0 Å². The molecule has 5 heteroatoms. The summed E-state index contributed by atoms with van der Waals surface area (Å²) in [6.45, 7) is 4.53. The molecule has 2 N–H and O–H groups in total. The summed E-state index contributed by atoms with van der Waals surface area (Å²) in [5.74, 6) is 1.03. The lowest BCUT2D eigenvalue weighted by atomic mass is 10.1. The van der Waals surface area contributed by atoms with E-state index < -0.39 is 0 Å². The van der Waals surface area contributed by atoms with Gasteiger partial charge in [0.2, 0.25) is 5.91 Å². The van der Waals surface area contributed by atoms with Crippen LogP contribution in [0.5, 0.6) is 0 Å². The molecule has 1 aliphatic rings. The first-order valence-corrected chi connectivity index (χ1v) is 9.89. The van der Waals surface area contributed by atoms with Crippen molar-refractivity contribution in [3.63, 3.8) is 0 Å². The van der Waals surface area contributed by atoms with Gasteiger partial charge in [-0.1, -0.05) is 60.7 Å². The Bertz CT molecular complexity index is 920. The van der Waals surface area contributed by atoms with E-state index in [2.05, 4.69) is 27.3 Å². The predicted molar refractivity (Wildman–Crippen MR) is 111 cm³/mol. The minimum absolute atomic E-state index is 0.0303. The Hall–Kier alpha value is -2.92. The second-order valence-electron chi connectivity index (χ2n) is 7.35. The Balaban J connectivity index is 1.30. The van der Waals surface area contributed by atoms with E-state index in [1.807, 2.05) is 55.5 Å². The van der Waals surface area contributed by atoms with Crippen molar-refractivity contribution in [1.82, 2.24) is 20.2 Å². The summed E-state index contributed by atoms with van der Waals surface area (Å²) in [5, 5.41) is 3.09. The maximum absolute atomic E-state index is 12.3. The molecule has 144 valence electrons. The minimum Gasteiger partial charge on any atom is -0.350 e. The quantitative estimate of drug-likeness (QED) is 0.692. The number of fused-ring (bicyclic) bond motifs is 1. The van der Waals surface area contributed by atoms with Crippen molar-refractivity contribution in [2.45, 2.75) is 32.4 Å². The summed E-state index contributed by atoms with van der Waals surface area (Å²) in [5.41, 5.74) is 4.56. The van der Waals surface area contributed by atoms with E-state index in [-0.39, 0.29) is 11.9 Å². The summed E-state index contributed by atoms with van der Waals surface area (Å²) in [4.78, 5) is 22.9. The number of aromatic amines is 1. The van der Waals surface area contributed by atoms with Crippen LogP contribution in [0, 0.1) is 0 Å². The third kappa shape index (κ3) is 4.31. The van der Waals surface area contributed by atoms with Crippen LogP contribution >= 0.6 is 0 Å². The first-order chi connectivity index (χ1) is 13.7. The van der Waals surface area contributed by atoms with Gasteiger partial charge in [0.25, 0.3) is 0 Å². The fourth-order valence-electron chi connectivity index (χ4n) is 3.67. The third-order valence-electron chi connectivity index (χ3n) is 5.29. The molecule has 0 saturated heterocycles. The normalized spacial score (nSPS) is 15.0. The molecule has 1 aliphatic heterocycles. The van der Waals surface area contributed by atoms with Gasteiger partial charge in [0.15, 0.2) is 0 Å². The van der Waals surface area contributed by atoms with E-state index >= 15 is 0 Å². The molecule has 1 amide bonds. The van der Waals surface area contributed by atoms with E-state index in [0.29, 0.717) is 6.42 Å². The first kappa shape index (κ1) is 18.4.